The average Bonchev–Trinajstić information content (AvgIpc) is 3.32. The van der Waals surface area contributed by atoms with Gasteiger partial charge in [0.05, 0.1) is 4.92 Å². The molecule has 10 nitrogen and oxygen atoms in total. The van der Waals surface area contributed by atoms with Gasteiger partial charge in [0.2, 0.25) is 18.4 Å². The van der Waals surface area contributed by atoms with Crippen LogP contribution in [0.1, 0.15) is 11.1 Å². The summed E-state index contributed by atoms with van der Waals surface area (Å²) in [5, 5.41) is 15.1. The number of fused-ring (bicyclic) bond motifs is 1. The summed E-state index contributed by atoms with van der Waals surface area (Å²) >= 11 is 6.08. The molecule has 0 unspecified atom stereocenters. The molecular weight excluding hydrogens is 479 g/mol. The van der Waals surface area contributed by atoms with Gasteiger partial charge in [-0.15, -0.1) is 0 Å². The number of halogens is 2. The van der Waals surface area contributed by atoms with E-state index in [2.05, 4.69) is 20.2 Å². The number of hydrogen-bond acceptors (Lipinski definition) is 9. The summed E-state index contributed by atoms with van der Waals surface area (Å²) in [5.74, 6) is 1.40. The van der Waals surface area contributed by atoms with E-state index in [1.807, 2.05) is 23.1 Å². The lowest BCUT2D eigenvalue weighted by Gasteiger charge is -2.35. The molecule has 0 bridgehead atoms. The van der Waals surface area contributed by atoms with E-state index in [1.54, 1.807) is 0 Å². The standard InChI is InChI=1S/C23H22ClFN6O4/c24-18-10-17(25)3-2-16(18)11-26-22-21(31(32)33)23(28-13-27-22)30-7-5-29(6-8-30)12-15-1-4-19-20(9-15)35-14-34-19/h1-4,9-10,13H,5-8,11-12,14H2,(H,26,27,28). The minimum absolute atomic E-state index is 0.0863. The van der Waals surface area contributed by atoms with Crippen LogP contribution in [0.15, 0.2) is 42.7 Å². The molecule has 1 aromatic heterocycles. The second-order valence-corrected chi connectivity index (χ2v) is 8.60. The third-order valence-corrected chi connectivity index (χ3v) is 6.31. The molecule has 5 rings (SSSR count). The molecule has 2 aromatic carbocycles. The lowest BCUT2D eigenvalue weighted by Crippen LogP contribution is -2.46. The molecule has 182 valence electrons. The fraction of sp³-hybridized carbons (Fsp3) is 0.304. The number of piperazine rings is 1. The summed E-state index contributed by atoms with van der Waals surface area (Å²) in [6.45, 7) is 3.70. The predicted molar refractivity (Wildman–Crippen MR) is 127 cm³/mol. The smallest absolute Gasteiger partial charge is 0.353 e. The van der Waals surface area contributed by atoms with Crippen molar-refractivity contribution < 1.29 is 18.8 Å². The van der Waals surface area contributed by atoms with Gasteiger partial charge in [-0.1, -0.05) is 23.7 Å². The van der Waals surface area contributed by atoms with E-state index in [0.717, 1.165) is 23.6 Å². The van der Waals surface area contributed by atoms with Crippen LogP contribution in [0, 0.1) is 15.9 Å². The lowest BCUT2D eigenvalue weighted by atomic mass is 10.1. The molecule has 2 aliphatic rings. The maximum absolute atomic E-state index is 13.3. The Hall–Kier alpha value is -3.70. The molecule has 0 saturated carbocycles. The lowest BCUT2D eigenvalue weighted by molar-refractivity contribution is -0.383. The first-order valence-corrected chi connectivity index (χ1v) is 11.4. The largest absolute Gasteiger partial charge is 0.454 e. The van der Waals surface area contributed by atoms with E-state index in [4.69, 9.17) is 21.1 Å². The summed E-state index contributed by atoms with van der Waals surface area (Å²) in [7, 11) is 0. The molecule has 1 saturated heterocycles. The zero-order valence-electron chi connectivity index (χ0n) is 18.6. The Kier molecular flexibility index (Phi) is 6.51. The highest BCUT2D eigenvalue weighted by atomic mass is 35.5. The van der Waals surface area contributed by atoms with Crippen molar-refractivity contribution >= 4 is 28.9 Å². The number of nitrogens with zero attached hydrogens (tertiary/aromatic N) is 5. The number of ether oxygens (including phenoxy) is 2. The average molecular weight is 501 g/mol. The van der Waals surface area contributed by atoms with E-state index in [1.165, 1.54) is 24.5 Å². The first kappa shape index (κ1) is 23.1. The highest BCUT2D eigenvalue weighted by molar-refractivity contribution is 6.31. The Balaban J connectivity index is 1.26. The minimum atomic E-state index is -0.483. The van der Waals surface area contributed by atoms with E-state index in [0.29, 0.717) is 31.7 Å². The number of rotatable bonds is 7. The van der Waals surface area contributed by atoms with Gasteiger partial charge >= 0.3 is 5.69 Å². The van der Waals surface area contributed by atoms with Crippen LogP contribution >= 0.6 is 11.6 Å². The summed E-state index contributed by atoms with van der Waals surface area (Å²) in [6.07, 6.45) is 1.30. The quantitative estimate of drug-likeness (QED) is 0.382. The zero-order valence-corrected chi connectivity index (χ0v) is 19.4. The van der Waals surface area contributed by atoms with Crippen LogP contribution in [0.3, 0.4) is 0 Å². The van der Waals surface area contributed by atoms with Crippen molar-refractivity contribution in [3.63, 3.8) is 0 Å². The Morgan fingerprint density at radius 2 is 1.89 bits per heavy atom. The summed E-state index contributed by atoms with van der Waals surface area (Å²) in [5.41, 5.74) is 1.51. The van der Waals surface area contributed by atoms with Gasteiger partial charge < -0.3 is 19.7 Å². The van der Waals surface area contributed by atoms with E-state index in [-0.39, 0.29) is 35.7 Å². The van der Waals surface area contributed by atoms with Crippen molar-refractivity contribution in [3.05, 3.63) is 74.8 Å². The molecule has 0 radical (unpaired) electrons. The molecule has 3 aromatic rings. The molecule has 3 heterocycles. The van der Waals surface area contributed by atoms with Crippen molar-refractivity contribution in [2.45, 2.75) is 13.1 Å². The fourth-order valence-electron chi connectivity index (χ4n) is 4.16. The maximum atomic E-state index is 13.3. The number of aromatic nitrogens is 2. The summed E-state index contributed by atoms with van der Waals surface area (Å²) in [6, 6.07) is 9.91. The van der Waals surface area contributed by atoms with E-state index in [9.17, 15) is 14.5 Å². The monoisotopic (exact) mass is 500 g/mol. The van der Waals surface area contributed by atoms with Gasteiger partial charge in [-0.05, 0) is 35.4 Å². The highest BCUT2D eigenvalue weighted by Gasteiger charge is 2.29. The van der Waals surface area contributed by atoms with Crippen LogP contribution in [0.5, 0.6) is 11.5 Å². The van der Waals surface area contributed by atoms with Gasteiger partial charge in [0.25, 0.3) is 0 Å². The topological polar surface area (TPSA) is 106 Å². The fourth-order valence-corrected chi connectivity index (χ4v) is 4.39. The molecule has 1 N–H and O–H groups in total. The first-order valence-electron chi connectivity index (χ1n) is 11.0. The molecule has 0 spiro atoms. The van der Waals surface area contributed by atoms with Crippen LogP contribution in [-0.2, 0) is 13.1 Å². The van der Waals surface area contributed by atoms with Crippen LogP contribution < -0.4 is 19.7 Å². The van der Waals surface area contributed by atoms with Crippen molar-refractivity contribution in [2.24, 2.45) is 0 Å². The van der Waals surface area contributed by atoms with Crippen LogP contribution in [-0.4, -0.2) is 52.8 Å². The summed E-state index contributed by atoms with van der Waals surface area (Å²) < 4.78 is 24.1. The Labute approximate surface area is 205 Å². The highest BCUT2D eigenvalue weighted by Crippen LogP contribution is 2.34. The third-order valence-electron chi connectivity index (χ3n) is 5.96. The molecule has 0 aliphatic carbocycles. The molecular formula is C23H22ClFN6O4. The van der Waals surface area contributed by atoms with Gasteiger partial charge in [0, 0.05) is 44.3 Å². The summed E-state index contributed by atoms with van der Waals surface area (Å²) in [4.78, 5) is 23.9. The van der Waals surface area contributed by atoms with Crippen LogP contribution in [0.4, 0.5) is 21.7 Å². The number of hydrogen-bond donors (Lipinski definition) is 1. The van der Waals surface area contributed by atoms with E-state index >= 15 is 0 Å². The zero-order chi connectivity index (χ0) is 24.4. The molecule has 0 atom stereocenters. The Bertz CT molecular complexity index is 1250. The molecule has 2 aliphatic heterocycles. The van der Waals surface area contributed by atoms with Crippen molar-refractivity contribution in [1.29, 1.82) is 0 Å². The van der Waals surface area contributed by atoms with Gasteiger partial charge in [0.15, 0.2) is 11.5 Å². The minimum Gasteiger partial charge on any atom is -0.454 e. The van der Waals surface area contributed by atoms with Crippen molar-refractivity contribution in [1.82, 2.24) is 14.9 Å². The van der Waals surface area contributed by atoms with Crippen LogP contribution in [0.25, 0.3) is 0 Å². The second kappa shape index (κ2) is 9.88. The van der Waals surface area contributed by atoms with Crippen molar-refractivity contribution in [2.75, 3.05) is 43.2 Å². The second-order valence-electron chi connectivity index (χ2n) is 8.19. The van der Waals surface area contributed by atoms with Crippen molar-refractivity contribution in [3.8, 4) is 11.5 Å². The number of anilines is 2. The number of nitrogens with one attached hydrogen (secondary N) is 1. The first-order chi connectivity index (χ1) is 17.0. The van der Waals surface area contributed by atoms with Gasteiger partial charge in [0.1, 0.15) is 12.1 Å². The Morgan fingerprint density at radius 1 is 1.09 bits per heavy atom. The van der Waals surface area contributed by atoms with E-state index < -0.39 is 10.7 Å². The normalized spacial score (nSPS) is 15.3. The predicted octanol–water partition coefficient (Wildman–Crippen LogP) is 3.84. The number of benzene rings is 2. The van der Waals surface area contributed by atoms with Gasteiger partial charge in [-0.3, -0.25) is 15.0 Å². The van der Waals surface area contributed by atoms with Crippen LogP contribution in [0.2, 0.25) is 5.02 Å². The molecule has 1 fully saturated rings. The Morgan fingerprint density at radius 3 is 2.66 bits per heavy atom. The maximum Gasteiger partial charge on any atom is 0.353 e. The molecule has 12 heteroatoms. The van der Waals surface area contributed by atoms with Gasteiger partial charge in [-0.2, -0.15) is 0 Å². The molecule has 35 heavy (non-hydrogen) atoms. The SMILES string of the molecule is O=[N+]([O-])c1c(NCc2ccc(F)cc2Cl)ncnc1N1CCN(Cc2ccc3c(c2)OCO3)CC1. The molecule has 0 amide bonds. The number of nitro groups is 1. The van der Waals surface area contributed by atoms with Gasteiger partial charge in [-0.25, -0.2) is 14.4 Å². The third kappa shape index (κ3) is 5.05.